The first kappa shape index (κ1) is 14.4. The quantitative estimate of drug-likeness (QED) is 0.834. The minimum atomic E-state index is -0.254. The van der Waals surface area contributed by atoms with Crippen LogP contribution >= 0.6 is 15.9 Å². The van der Waals surface area contributed by atoms with Crippen LogP contribution in [-0.2, 0) is 17.8 Å². The lowest BCUT2D eigenvalue weighted by molar-refractivity contribution is -0.126. The topological polar surface area (TPSA) is 34.9 Å². The highest BCUT2D eigenvalue weighted by Crippen LogP contribution is 2.27. The predicted molar refractivity (Wildman–Crippen MR) is 73.1 cm³/mol. The van der Waals surface area contributed by atoms with Crippen LogP contribution in [0.15, 0.2) is 4.47 Å². The van der Waals surface area contributed by atoms with E-state index in [4.69, 9.17) is 0 Å². The third kappa shape index (κ3) is 2.97. The maximum atomic E-state index is 12.2. The number of Topliss-reactive ketones (excluding diaryl/α,β-unsaturated/α-hetero) is 1. The zero-order chi connectivity index (χ0) is 13.2. The van der Waals surface area contributed by atoms with Crippen molar-refractivity contribution in [3.63, 3.8) is 0 Å². The molecule has 17 heavy (non-hydrogen) atoms. The maximum absolute atomic E-state index is 12.2. The molecule has 1 rings (SSSR count). The highest BCUT2D eigenvalue weighted by Gasteiger charge is 2.27. The average molecular weight is 301 g/mol. The molecule has 0 aliphatic rings. The molecule has 0 fully saturated rings. The zero-order valence-electron chi connectivity index (χ0n) is 11.3. The van der Waals surface area contributed by atoms with Crippen molar-refractivity contribution in [3.8, 4) is 0 Å². The van der Waals surface area contributed by atoms with Gasteiger partial charge in [-0.2, -0.15) is 5.10 Å². The fraction of sp³-hybridized carbons (Fsp3) is 0.692. The molecule has 1 heterocycles. The molecule has 0 saturated carbocycles. The second-order valence-electron chi connectivity index (χ2n) is 5.00. The summed E-state index contributed by atoms with van der Waals surface area (Å²) in [6.07, 6.45) is 1.32. The van der Waals surface area contributed by atoms with Crippen LogP contribution in [0.1, 0.15) is 45.5 Å². The fourth-order valence-corrected chi connectivity index (χ4v) is 2.05. The van der Waals surface area contributed by atoms with Gasteiger partial charge in [-0.3, -0.25) is 9.48 Å². The molecular weight excluding hydrogens is 280 g/mol. The van der Waals surface area contributed by atoms with E-state index in [0.29, 0.717) is 6.42 Å². The number of aromatic nitrogens is 2. The molecular formula is C13H21BrN2O. The van der Waals surface area contributed by atoms with Crippen LogP contribution < -0.4 is 0 Å². The number of ketones is 1. The Morgan fingerprint density at radius 2 is 2.00 bits per heavy atom. The SMILES string of the molecule is CCn1nc(C)c(Br)c1CC(=O)C(C)(C)CC. The number of hydrogen-bond donors (Lipinski definition) is 0. The van der Waals surface area contributed by atoms with E-state index < -0.39 is 0 Å². The van der Waals surface area contributed by atoms with Crippen LogP contribution in [0.2, 0.25) is 0 Å². The van der Waals surface area contributed by atoms with Gasteiger partial charge in [0.15, 0.2) is 0 Å². The van der Waals surface area contributed by atoms with Crippen molar-refractivity contribution in [2.75, 3.05) is 0 Å². The molecule has 4 heteroatoms. The average Bonchev–Trinajstić information content (AvgIpc) is 2.56. The first-order valence-corrected chi connectivity index (χ1v) is 6.87. The third-order valence-corrected chi connectivity index (χ3v) is 4.45. The van der Waals surface area contributed by atoms with Crippen molar-refractivity contribution < 1.29 is 4.79 Å². The van der Waals surface area contributed by atoms with Crippen molar-refractivity contribution in [1.29, 1.82) is 0 Å². The van der Waals surface area contributed by atoms with Gasteiger partial charge in [0.25, 0.3) is 0 Å². The molecule has 96 valence electrons. The number of halogens is 1. The summed E-state index contributed by atoms with van der Waals surface area (Å²) in [4.78, 5) is 12.2. The summed E-state index contributed by atoms with van der Waals surface area (Å²) in [6.45, 7) is 10.8. The lowest BCUT2D eigenvalue weighted by Gasteiger charge is -2.21. The molecule has 0 N–H and O–H groups in total. The summed E-state index contributed by atoms with van der Waals surface area (Å²) in [6, 6.07) is 0. The number of rotatable bonds is 5. The molecule has 3 nitrogen and oxygen atoms in total. The van der Waals surface area contributed by atoms with Crippen LogP contribution in [0.3, 0.4) is 0 Å². The monoisotopic (exact) mass is 300 g/mol. The van der Waals surface area contributed by atoms with E-state index in [-0.39, 0.29) is 11.2 Å². The molecule has 0 atom stereocenters. The Morgan fingerprint density at radius 3 is 2.47 bits per heavy atom. The van der Waals surface area contributed by atoms with Crippen LogP contribution in [0.25, 0.3) is 0 Å². The van der Waals surface area contributed by atoms with E-state index in [1.807, 2.05) is 32.4 Å². The molecule has 1 aromatic heterocycles. The van der Waals surface area contributed by atoms with Gasteiger partial charge in [0.1, 0.15) is 5.78 Å². The summed E-state index contributed by atoms with van der Waals surface area (Å²) in [5, 5.41) is 4.41. The number of hydrogen-bond acceptors (Lipinski definition) is 2. The molecule has 0 spiro atoms. The summed E-state index contributed by atoms with van der Waals surface area (Å²) < 4.78 is 2.88. The predicted octanol–water partition coefficient (Wildman–Crippen LogP) is 3.52. The lowest BCUT2D eigenvalue weighted by Crippen LogP contribution is -2.26. The van der Waals surface area contributed by atoms with Crippen molar-refractivity contribution in [1.82, 2.24) is 9.78 Å². The van der Waals surface area contributed by atoms with Crippen molar-refractivity contribution in [2.24, 2.45) is 5.41 Å². The van der Waals surface area contributed by atoms with E-state index in [1.165, 1.54) is 0 Å². The van der Waals surface area contributed by atoms with Crippen LogP contribution in [-0.4, -0.2) is 15.6 Å². The van der Waals surface area contributed by atoms with Crippen LogP contribution in [0.4, 0.5) is 0 Å². The smallest absolute Gasteiger partial charge is 0.144 e. The van der Waals surface area contributed by atoms with Crippen LogP contribution in [0, 0.1) is 12.3 Å². The minimum Gasteiger partial charge on any atom is -0.299 e. The van der Waals surface area contributed by atoms with Crippen molar-refractivity contribution >= 4 is 21.7 Å². The molecule has 0 aliphatic carbocycles. The molecule has 0 unspecified atom stereocenters. The standard InChI is InChI=1S/C13H21BrN2O/c1-6-13(4,5)11(17)8-10-12(14)9(3)15-16(10)7-2/h6-8H2,1-5H3. The Hall–Kier alpha value is -0.640. The first-order valence-electron chi connectivity index (χ1n) is 6.08. The highest BCUT2D eigenvalue weighted by molar-refractivity contribution is 9.10. The number of carbonyl (C=O) groups is 1. The number of aryl methyl sites for hydroxylation is 2. The van der Waals surface area contributed by atoms with E-state index in [9.17, 15) is 4.79 Å². The molecule has 1 aromatic rings. The summed E-state index contributed by atoms with van der Waals surface area (Å²) in [5.41, 5.74) is 1.69. The second-order valence-corrected chi connectivity index (χ2v) is 5.79. The molecule has 0 amide bonds. The van der Waals surface area contributed by atoms with Gasteiger partial charge in [0.05, 0.1) is 22.3 Å². The first-order chi connectivity index (χ1) is 7.83. The Morgan fingerprint density at radius 1 is 1.41 bits per heavy atom. The lowest BCUT2D eigenvalue weighted by atomic mass is 9.83. The molecule has 0 aliphatic heterocycles. The Labute approximate surface area is 112 Å². The zero-order valence-corrected chi connectivity index (χ0v) is 12.9. The maximum Gasteiger partial charge on any atom is 0.144 e. The molecule has 0 saturated heterocycles. The minimum absolute atomic E-state index is 0.254. The van der Waals surface area contributed by atoms with Gasteiger partial charge in [0.2, 0.25) is 0 Å². The van der Waals surface area contributed by atoms with Gasteiger partial charge >= 0.3 is 0 Å². The third-order valence-electron chi connectivity index (χ3n) is 3.42. The fourth-order valence-electron chi connectivity index (χ4n) is 1.63. The van der Waals surface area contributed by atoms with Gasteiger partial charge < -0.3 is 0 Å². The largest absolute Gasteiger partial charge is 0.299 e. The molecule has 0 bridgehead atoms. The molecule has 0 aromatic carbocycles. The van der Waals surface area contributed by atoms with Crippen molar-refractivity contribution in [3.05, 3.63) is 15.9 Å². The van der Waals surface area contributed by atoms with Crippen LogP contribution in [0.5, 0.6) is 0 Å². The number of nitrogens with zero attached hydrogens (tertiary/aromatic N) is 2. The van der Waals surface area contributed by atoms with Gasteiger partial charge in [-0.05, 0) is 36.2 Å². The van der Waals surface area contributed by atoms with Gasteiger partial charge in [-0.1, -0.05) is 20.8 Å². The summed E-state index contributed by atoms with van der Waals surface area (Å²) in [7, 11) is 0. The Balaban J connectivity index is 2.99. The number of carbonyl (C=O) groups excluding carboxylic acids is 1. The van der Waals surface area contributed by atoms with Gasteiger partial charge in [-0.15, -0.1) is 0 Å². The van der Waals surface area contributed by atoms with Gasteiger partial charge in [-0.25, -0.2) is 0 Å². The molecule has 0 radical (unpaired) electrons. The van der Waals surface area contributed by atoms with Gasteiger partial charge in [0, 0.05) is 12.0 Å². The van der Waals surface area contributed by atoms with E-state index >= 15 is 0 Å². The van der Waals surface area contributed by atoms with E-state index in [0.717, 1.165) is 28.8 Å². The van der Waals surface area contributed by atoms with Crippen molar-refractivity contribution in [2.45, 2.75) is 54.0 Å². The van der Waals surface area contributed by atoms with E-state index in [2.05, 4.69) is 28.0 Å². The van der Waals surface area contributed by atoms with E-state index in [1.54, 1.807) is 0 Å². The summed E-state index contributed by atoms with van der Waals surface area (Å²) >= 11 is 3.52. The highest BCUT2D eigenvalue weighted by atomic mass is 79.9. The summed E-state index contributed by atoms with van der Waals surface area (Å²) in [5.74, 6) is 0.273. The Bertz CT molecular complexity index is 421. The second kappa shape index (κ2) is 5.34. The Kier molecular flexibility index (Phi) is 4.53. The normalized spacial score (nSPS) is 11.9.